The van der Waals surface area contributed by atoms with Crippen LogP contribution in [0, 0.1) is 5.92 Å². The van der Waals surface area contributed by atoms with Crippen LogP contribution >= 0.6 is 0 Å². The third-order valence-electron chi connectivity index (χ3n) is 5.03. The Hall–Kier alpha value is -0.450. The molecule has 1 unspecified atom stereocenters. The van der Waals surface area contributed by atoms with Crippen molar-refractivity contribution in [3.8, 4) is 0 Å². The summed E-state index contributed by atoms with van der Waals surface area (Å²) in [6.45, 7) is 5.63. The van der Waals surface area contributed by atoms with Crippen LogP contribution in [0.2, 0.25) is 0 Å². The van der Waals surface area contributed by atoms with Gasteiger partial charge in [0.2, 0.25) is 0 Å². The molecule has 1 aliphatic carbocycles. The number of carbonyl (C=O) groups excluding carboxylic acids is 1. The van der Waals surface area contributed by atoms with Gasteiger partial charge in [-0.05, 0) is 51.6 Å². The lowest BCUT2D eigenvalue weighted by Crippen LogP contribution is -2.48. The quantitative estimate of drug-likeness (QED) is 0.833. The number of ether oxygens (including phenoxy) is 1. The van der Waals surface area contributed by atoms with Gasteiger partial charge in [0.15, 0.2) is 0 Å². The highest BCUT2D eigenvalue weighted by Crippen LogP contribution is 2.44. The van der Waals surface area contributed by atoms with Crippen LogP contribution in [-0.2, 0) is 9.53 Å². The first-order chi connectivity index (χ1) is 9.27. The lowest BCUT2D eigenvalue weighted by atomic mass is 9.71. The lowest BCUT2D eigenvalue weighted by molar-refractivity contribution is -0.156. The van der Waals surface area contributed by atoms with Crippen LogP contribution in [0.5, 0.6) is 0 Å². The second-order valence-electron chi connectivity index (χ2n) is 6.42. The molecule has 0 amide bonds. The van der Waals surface area contributed by atoms with E-state index in [1.807, 2.05) is 0 Å². The Labute approximate surface area is 115 Å². The van der Waals surface area contributed by atoms with Crippen LogP contribution in [0.25, 0.3) is 0 Å². The molecule has 3 fully saturated rings. The molecule has 1 saturated carbocycles. The minimum absolute atomic E-state index is 0.0962. The van der Waals surface area contributed by atoms with E-state index in [9.17, 15) is 4.79 Å². The summed E-state index contributed by atoms with van der Waals surface area (Å²) in [5.41, 5.74) is 0.0962. The summed E-state index contributed by atoms with van der Waals surface area (Å²) in [6, 6.07) is 0. The van der Waals surface area contributed by atoms with Crippen molar-refractivity contribution in [2.24, 2.45) is 5.92 Å². The summed E-state index contributed by atoms with van der Waals surface area (Å²) in [5, 5.41) is 3.39. The topological polar surface area (TPSA) is 41.6 Å². The van der Waals surface area contributed by atoms with E-state index in [4.69, 9.17) is 4.74 Å². The number of carbonyl (C=O) groups is 1. The van der Waals surface area contributed by atoms with Crippen LogP contribution in [-0.4, -0.2) is 55.6 Å². The van der Waals surface area contributed by atoms with Crippen molar-refractivity contribution >= 4 is 5.78 Å². The van der Waals surface area contributed by atoms with Gasteiger partial charge in [0.1, 0.15) is 5.78 Å². The van der Waals surface area contributed by atoms with Crippen LogP contribution in [0.15, 0.2) is 0 Å². The van der Waals surface area contributed by atoms with Crippen molar-refractivity contribution in [1.29, 1.82) is 0 Å². The number of nitrogens with zero attached hydrogens (tertiary/aromatic N) is 1. The molecule has 1 spiro atoms. The maximum Gasteiger partial charge on any atom is 0.150 e. The largest absolute Gasteiger partial charge is 0.375 e. The third-order valence-corrected chi connectivity index (χ3v) is 5.03. The highest BCUT2D eigenvalue weighted by Gasteiger charge is 2.44. The molecule has 4 nitrogen and oxygen atoms in total. The van der Waals surface area contributed by atoms with Gasteiger partial charge in [0, 0.05) is 25.6 Å². The Bertz CT molecular complexity index is 320. The first-order valence-electron chi connectivity index (χ1n) is 7.87. The number of nitrogens with one attached hydrogen (secondary N) is 1. The number of rotatable bonds is 3. The SMILES string of the molecule is O=C(CN1CCCNCC1)C1CCOC2(CCC2)C1. The molecular weight excluding hydrogens is 240 g/mol. The van der Waals surface area contributed by atoms with E-state index < -0.39 is 0 Å². The summed E-state index contributed by atoms with van der Waals surface area (Å²) in [5.74, 6) is 0.710. The fourth-order valence-electron chi connectivity index (χ4n) is 3.63. The predicted octanol–water partition coefficient (Wildman–Crippen LogP) is 1.20. The Balaban J connectivity index is 1.51. The molecule has 108 valence electrons. The summed E-state index contributed by atoms with van der Waals surface area (Å²) >= 11 is 0. The van der Waals surface area contributed by atoms with E-state index in [1.165, 1.54) is 19.3 Å². The van der Waals surface area contributed by atoms with E-state index in [1.54, 1.807) is 0 Å². The standard InChI is InChI=1S/C15H26N2O2/c18-14(12-17-8-2-6-16-7-9-17)13-3-10-19-15(11-13)4-1-5-15/h13,16H,1-12H2. The van der Waals surface area contributed by atoms with E-state index in [-0.39, 0.29) is 11.5 Å². The zero-order valence-electron chi connectivity index (χ0n) is 11.8. The molecule has 2 saturated heterocycles. The lowest BCUT2D eigenvalue weighted by Gasteiger charge is -2.47. The van der Waals surface area contributed by atoms with Gasteiger partial charge in [-0.1, -0.05) is 0 Å². The fraction of sp³-hybridized carbons (Fsp3) is 0.933. The monoisotopic (exact) mass is 266 g/mol. The molecule has 2 heterocycles. The Morgan fingerprint density at radius 3 is 2.95 bits per heavy atom. The molecule has 3 aliphatic rings. The van der Waals surface area contributed by atoms with Crippen molar-refractivity contribution in [2.75, 3.05) is 39.3 Å². The number of ketones is 1. The molecule has 0 aromatic heterocycles. The molecule has 0 radical (unpaired) electrons. The van der Waals surface area contributed by atoms with E-state index in [0.717, 1.165) is 52.0 Å². The molecule has 2 aliphatic heterocycles. The molecule has 3 rings (SSSR count). The number of hydrogen-bond donors (Lipinski definition) is 1. The first-order valence-corrected chi connectivity index (χ1v) is 7.87. The second-order valence-corrected chi connectivity index (χ2v) is 6.42. The van der Waals surface area contributed by atoms with Crippen molar-refractivity contribution in [1.82, 2.24) is 10.2 Å². The van der Waals surface area contributed by atoms with Crippen LogP contribution in [0.4, 0.5) is 0 Å². The van der Waals surface area contributed by atoms with Crippen molar-refractivity contribution in [3.05, 3.63) is 0 Å². The molecule has 0 bridgehead atoms. The van der Waals surface area contributed by atoms with E-state index in [2.05, 4.69) is 10.2 Å². The van der Waals surface area contributed by atoms with Gasteiger partial charge >= 0.3 is 0 Å². The maximum atomic E-state index is 12.5. The highest BCUT2D eigenvalue weighted by atomic mass is 16.5. The average molecular weight is 266 g/mol. The second kappa shape index (κ2) is 5.90. The van der Waals surface area contributed by atoms with Gasteiger partial charge in [0.25, 0.3) is 0 Å². The van der Waals surface area contributed by atoms with Gasteiger partial charge in [-0.25, -0.2) is 0 Å². The highest BCUT2D eigenvalue weighted by molar-refractivity contribution is 5.83. The number of Topliss-reactive ketones (excluding diaryl/α,β-unsaturated/α-hetero) is 1. The van der Waals surface area contributed by atoms with Crippen LogP contribution in [0.3, 0.4) is 0 Å². The molecular formula is C15H26N2O2. The number of hydrogen-bond acceptors (Lipinski definition) is 4. The summed E-state index contributed by atoms with van der Waals surface area (Å²) in [4.78, 5) is 14.8. The van der Waals surface area contributed by atoms with Crippen molar-refractivity contribution in [2.45, 2.75) is 44.1 Å². The zero-order valence-corrected chi connectivity index (χ0v) is 11.8. The van der Waals surface area contributed by atoms with Crippen molar-refractivity contribution in [3.63, 3.8) is 0 Å². The van der Waals surface area contributed by atoms with Gasteiger partial charge in [-0.3, -0.25) is 9.69 Å². The molecule has 1 N–H and O–H groups in total. The zero-order chi connectivity index (χ0) is 13.1. The fourth-order valence-corrected chi connectivity index (χ4v) is 3.63. The Morgan fingerprint density at radius 1 is 1.26 bits per heavy atom. The van der Waals surface area contributed by atoms with Crippen molar-refractivity contribution < 1.29 is 9.53 Å². The van der Waals surface area contributed by atoms with Gasteiger partial charge < -0.3 is 10.1 Å². The molecule has 0 aromatic rings. The van der Waals surface area contributed by atoms with E-state index >= 15 is 0 Å². The summed E-state index contributed by atoms with van der Waals surface area (Å²) in [7, 11) is 0. The average Bonchev–Trinajstić information content (AvgIpc) is 2.66. The predicted molar refractivity (Wildman–Crippen MR) is 74.2 cm³/mol. The molecule has 19 heavy (non-hydrogen) atoms. The maximum absolute atomic E-state index is 12.5. The van der Waals surface area contributed by atoms with Crippen LogP contribution in [0.1, 0.15) is 38.5 Å². The Kier molecular flexibility index (Phi) is 4.20. The Morgan fingerprint density at radius 2 is 2.16 bits per heavy atom. The van der Waals surface area contributed by atoms with Gasteiger partial charge in [-0.2, -0.15) is 0 Å². The van der Waals surface area contributed by atoms with Crippen LogP contribution < -0.4 is 5.32 Å². The smallest absolute Gasteiger partial charge is 0.150 e. The molecule has 4 heteroatoms. The first kappa shape index (κ1) is 13.5. The summed E-state index contributed by atoms with van der Waals surface area (Å²) in [6.07, 6.45) is 6.70. The van der Waals surface area contributed by atoms with Gasteiger partial charge in [-0.15, -0.1) is 0 Å². The summed E-state index contributed by atoms with van der Waals surface area (Å²) < 4.78 is 5.92. The molecule has 0 aromatic carbocycles. The van der Waals surface area contributed by atoms with E-state index in [0.29, 0.717) is 12.3 Å². The molecule has 1 atom stereocenters. The third kappa shape index (κ3) is 3.18. The minimum atomic E-state index is 0.0962. The minimum Gasteiger partial charge on any atom is -0.375 e. The normalized spacial score (nSPS) is 31.7. The van der Waals surface area contributed by atoms with Gasteiger partial charge in [0.05, 0.1) is 12.1 Å².